The Morgan fingerprint density at radius 1 is 1.16 bits per heavy atom. The molecule has 128 valence electrons. The topological polar surface area (TPSA) is 54.3 Å². The van der Waals surface area contributed by atoms with Crippen LogP contribution in [0.15, 0.2) is 40.8 Å². The van der Waals surface area contributed by atoms with Gasteiger partial charge in [-0.2, -0.15) is 0 Å². The first-order chi connectivity index (χ1) is 12.1. The van der Waals surface area contributed by atoms with E-state index in [9.17, 15) is 9.18 Å². The van der Waals surface area contributed by atoms with Gasteiger partial charge in [-0.1, -0.05) is 0 Å². The van der Waals surface area contributed by atoms with Crippen LogP contribution < -0.4 is 10.6 Å². The second-order valence-corrected chi connectivity index (χ2v) is 6.35. The fourth-order valence-electron chi connectivity index (χ4n) is 3.26. The summed E-state index contributed by atoms with van der Waals surface area (Å²) >= 11 is 0. The molecule has 0 spiro atoms. The number of hydrogen-bond acceptors (Lipinski definition) is 3. The molecule has 1 aromatic heterocycles. The van der Waals surface area contributed by atoms with Gasteiger partial charge in [0.05, 0.1) is 5.56 Å². The van der Waals surface area contributed by atoms with Crippen molar-refractivity contribution in [1.82, 2.24) is 5.32 Å². The van der Waals surface area contributed by atoms with E-state index in [1.165, 1.54) is 17.7 Å². The van der Waals surface area contributed by atoms with Crippen molar-refractivity contribution in [2.75, 3.05) is 19.4 Å². The third-order valence-corrected chi connectivity index (χ3v) is 4.71. The molecule has 3 aromatic rings. The molecule has 1 heterocycles. The van der Waals surface area contributed by atoms with E-state index in [2.05, 4.69) is 16.7 Å². The summed E-state index contributed by atoms with van der Waals surface area (Å²) < 4.78 is 19.3. The second kappa shape index (κ2) is 5.92. The van der Waals surface area contributed by atoms with Crippen LogP contribution in [0.25, 0.3) is 22.3 Å². The number of carbonyl (C=O) groups excluding carboxylic acids is 1. The molecule has 1 aliphatic rings. The van der Waals surface area contributed by atoms with Crippen LogP contribution in [0.4, 0.5) is 10.1 Å². The number of halogens is 1. The molecule has 0 bridgehead atoms. The summed E-state index contributed by atoms with van der Waals surface area (Å²) in [6, 6.07) is 9.98. The molecule has 5 heteroatoms. The maximum absolute atomic E-state index is 13.3. The number of anilines is 1. The van der Waals surface area contributed by atoms with E-state index in [1.807, 2.05) is 13.1 Å². The average Bonchev–Trinajstić information content (AvgIpc) is 3.41. The SMILES string of the molecule is CNC(=O)c1c(-c2ccc(F)cc2)oc2cc(NC)c(C3CC3)cc12. The lowest BCUT2D eigenvalue weighted by Crippen LogP contribution is -2.18. The van der Waals surface area contributed by atoms with Crippen LogP contribution in [0.1, 0.15) is 34.7 Å². The molecule has 0 unspecified atom stereocenters. The highest BCUT2D eigenvalue weighted by atomic mass is 19.1. The van der Waals surface area contributed by atoms with Crippen molar-refractivity contribution in [3.8, 4) is 11.3 Å². The number of fused-ring (bicyclic) bond motifs is 1. The molecule has 0 radical (unpaired) electrons. The minimum absolute atomic E-state index is 0.211. The summed E-state index contributed by atoms with van der Waals surface area (Å²) in [4.78, 5) is 12.5. The summed E-state index contributed by atoms with van der Waals surface area (Å²) in [5.41, 5.74) is 4.06. The minimum atomic E-state index is -0.324. The summed E-state index contributed by atoms with van der Waals surface area (Å²) in [5, 5.41) is 6.69. The number of rotatable bonds is 4. The fourth-order valence-corrected chi connectivity index (χ4v) is 3.26. The molecular weight excluding hydrogens is 319 g/mol. The summed E-state index contributed by atoms with van der Waals surface area (Å²) in [6.45, 7) is 0. The maximum Gasteiger partial charge on any atom is 0.255 e. The van der Waals surface area contributed by atoms with Gasteiger partial charge in [-0.05, 0) is 54.7 Å². The Hall–Kier alpha value is -2.82. The Kier molecular flexibility index (Phi) is 3.71. The van der Waals surface area contributed by atoms with Crippen molar-refractivity contribution in [1.29, 1.82) is 0 Å². The van der Waals surface area contributed by atoms with Crippen molar-refractivity contribution in [2.24, 2.45) is 0 Å². The molecule has 0 aliphatic heterocycles. The van der Waals surface area contributed by atoms with Crippen LogP contribution in [-0.4, -0.2) is 20.0 Å². The smallest absolute Gasteiger partial charge is 0.255 e. The van der Waals surface area contributed by atoms with E-state index in [-0.39, 0.29) is 11.7 Å². The van der Waals surface area contributed by atoms with Gasteiger partial charge < -0.3 is 15.1 Å². The van der Waals surface area contributed by atoms with Crippen LogP contribution in [0.2, 0.25) is 0 Å². The first-order valence-electron chi connectivity index (χ1n) is 8.38. The fraction of sp³-hybridized carbons (Fsp3) is 0.250. The van der Waals surface area contributed by atoms with Crippen LogP contribution in [0.3, 0.4) is 0 Å². The third kappa shape index (κ3) is 2.65. The number of furan rings is 1. The predicted octanol–water partition coefficient (Wildman–Crippen LogP) is 4.52. The number of carbonyl (C=O) groups is 1. The summed E-state index contributed by atoms with van der Waals surface area (Å²) in [7, 11) is 3.48. The van der Waals surface area contributed by atoms with E-state index in [0.717, 1.165) is 23.9 Å². The van der Waals surface area contributed by atoms with Gasteiger partial charge in [-0.25, -0.2) is 4.39 Å². The largest absolute Gasteiger partial charge is 0.455 e. The summed E-state index contributed by atoms with van der Waals surface area (Å²) in [6.07, 6.45) is 2.33. The van der Waals surface area contributed by atoms with Gasteiger partial charge in [-0.3, -0.25) is 4.79 Å². The maximum atomic E-state index is 13.3. The van der Waals surface area contributed by atoms with Crippen LogP contribution >= 0.6 is 0 Å². The molecule has 4 nitrogen and oxygen atoms in total. The monoisotopic (exact) mass is 338 g/mol. The van der Waals surface area contributed by atoms with Crippen molar-refractivity contribution >= 4 is 22.6 Å². The first-order valence-corrected chi connectivity index (χ1v) is 8.38. The molecule has 1 saturated carbocycles. The Balaban J connectivity index is 1.98. The van der Waals surface area contributed by atoms with Crippen molar-refractivity contribution in [2.45, 2.75) is 18.8 Å². The molecule has 25 heavy (non-hydrogen) atoms. The minimum Gasteiger partial charge on any atom is -0.455 e. The van der Waals surface area contributed by atoms with Crippen molar-refractivity contribution < 1.29 is 13.6 Å². The van der Waals surface area contributed by atoms with E-state index < -0.39 is 0 Å². The van der Waals surface area contributed by atoms with E-state index >= 15 is 0 Å². The quantitative estimate of drug-likeness (QED) is 0.735. The van der Waals surface area contributed by atoms with Crippen LogP contribution in [-0.2, 0) is 0 Å². The molecule has 2 N–H and O–H groups in total. The predicted molar refractivity (Wildman–Crippen MR) is 96.5 cm³/mol. The number of hydrogen-bond donors (Lipinski definition) is 2. The van der Waals surface area contributed by atoms with Crippen molar-refractivity contribution in [3.63, 3.8) is 0 Å². The van der Waals surface area contributed by atoms with Gasteiger partial charge in [0.25, 0.3) is 5.91 Å². The summed E-state index contributed by atoms with van der Waals surface area (Å²) in [5.74, 6) is 0.463. The lowest BCUT2D eigenvalue weighted by molar-refractivity contribution is 0.0964. The molecule has 1 amide bonds. The van der Waals surface area contributed by atoms with Crippen molar-refractivity contribution in [3.05, 3.63) is 53.3 Å². The molecule has 1 fully saturated rings. The number of amides is 1. The van der Waals surface area contributed by atoms with Gasteiger partial charge >= 0.3 is 0 Å². The van der Waals surface area contributed by atoms with E-state index in [0.29, 0.717) is 28.4 Å². The highest BCUT2D eigenvalue weighted by Crippen LogP contribution is 2.46. The van der Waals surface area contributed by atoms with Gasteiger partial charge in [0.1, 0.15) is 17.2 Å². The van der Waals surface area contributed by atoms with E-state index in [1.54, 1.807) is 19.2 Å². The Labute approximate surface area is 145 Å². The van der Waals surface area contributed by atoms with Crippen LogP contribution in [0.5, 0.6) is 0 Å². The van der Waals surface area contributed by atoms with Gasteiger partial charge in [0, 0.05) is 36.8 Å². The zero-order valence-electron chi connectivity index (χ0n) is 14.2. The Morgan fingerprint density at radius 3 is 2.48 bits per heavy atom. The van der Waals surface area contributed by atoms with Crippen LogP contribution in [0, 0.1) is 5.82 Å². The zero-order valence-corrected chi connectivity index (χ0v) is 14.2. The van der Waals surface area contributed by atoms with Gasteiger partial charge in [-0.15, -0.1) is 0 Å². The number of nitrogens with one attached hydrogen (secondary N) is 2. The average molecular weight is 338 g/mol. The zero-order chi connectivity index (χ0) is 17.6. The lowest BCUT2D eigenvalue weighted by Gasteiger charge is -2.08. The lowest BCUT2D eigenvalue weighted by atomic mass is 10.0. The number of benzene rings is 2. The molecule has 0 saturated heterocycles. The Bertz CT molecular complexity index is 956. The first kappa shape index (κ1) is 15.7. The normalized spacial score (nSPS) is 13.9. The molecular formula is C20H19FN2O2. The van der Waals surface area contributed by atoms with Gasteiger partial charge in [0.2, 0.25) is 0 Å². The second-order valence-electron chi connectivity index (χ2n) is 6.35. The molecule has 0 atom stereocenters. The Morgan fingerprint density at radius 2 is 1.88 bits per heavy atom. The third-order valence-electron chi connectivity index (χ3n) is 4.71. The molecule has 2 aromatic carbocycles. The standard InChI is InChI=1S/C20H19FN2O2/c1-22-16-10-17-15(9-14(16)11-3-4-11)18(20(24)23-2)19(25-17)12-5-7-13(21)8-6-12/h5-11,22H,3-4H2,1-2H3,(H,23,24). The van der Waals surface area contributed by atoms with Gasteiger partial charge in [0.15, 0.2) is 0 Å². The molecule has 1 aliphatic carbocycles. The molecule has 4 rings (SSSR count). The highest BCUT2D eigenvalue weighted by Gasteiger charge is 2.29. The highest BCUT2D eigenvalue weighted by molar-refractivity contribution is 6.11. The van der Waals surface area contributed by atoms with E-state index in [4.69, 9.17) is 4.42 Å².